The zero-order valence-corrected chi connectivity index (χ0v) is 11.2. The van der Waals surface area contributed by atoms with Crippen LogP contribution in [0.5, 0.6) is 0 Å². The van der Waals surface area contributed by atoms with Gasteiger partial charge in [0.25, 0.3) is 5.69 Å². The minimum absolute atomic E-state index is 0.000143. The van der Waals surface area contributed by atoms with Crippen LogP contribution in [0.3, 0.4) is 0 Å². The van der Waals surface area contributed by atoms with Crippen molar-refractivity contribution in [2.75, 3.05) is 13.7 Å². The maximum absolute atomic E-state index is 11.7. The van der Waals surface area contributed by atoms with Gasteiger partial charge in [0.15, 0.2) is 0 Å². The van der Waals surface area contributed by atoms with E-state index in [2.05, 4.69) is 0 Å². The van der Waals surface area contributed by atoms with Crippen molar-refractivity contribution in [3.63, 3.8) is 0 Å². The van der Waals surface area contributed by atoms with Crippen LogP contribution in [0.4, 0.5) is 5.69 Å². The van der Waals surface area contributed by atoms with Gasteiger partial charge in [0, 0.05) is 25.2 Å². The predicted octanol–water partition coefficient (Wildman–Crippen LogP) is 2.49. The average Bonchev–Trinajstić information content (AvgIpc) is 2.38. The van der Waals surface area contributed by atoms with Crippen LogP contribution in [0.1, 0.15) is 29.3 Å². The first-order valence-electron chi connectivity index (χ1n) is 5.90. The molecule has 0 fully saturated rings. The zero-order chi connectivity index (χ0) is 14.4. The van der Waals surface area contributed by atoms with Crippen molar-refractivity contribution in [1.29, 1.82) is 0 Å². The van der Waals surface area contributed by atoms with Crippen LogP contribution >= 0.6 is 0 Å². The average molecular weight is 267 g/mol. The first-order valence-corrected chi connectivity index (χ1v) is 5.90. The topological polar surface area (TPSA) is 78.7 Å². The molecule has 0 radical (unpaired) electrons. The van der Waals surface area contributed by atoms with Crippen LogP contribution in [0.25, 0.3) is 0 Å². The number of ether oxygens (including phenoxy) is 2. The Balaban J connectivity index is 2.67. The summed E-state index contributed by atoms with van der Waals surface area (Å²) < 4.78 is 10.1. The number of benzene rings is 1. The largest absolute Gasteiger partial charge is 0.462 e. The van der Waals surface area contributed by atoms with Gasteiger partial charge < -0.3 is 9.47 Å². The van der Waals surface area contributed by atoms with E-state index in [4.69, 9.17) is 9.47 Å². The van der Waals surface area contributed by atoms with Crippen LogP contribution in [0.2, 0.25) is 0 Å². The summed E-state index contributed by atoms with van der Waals surface area (Å²) in [6.07, 6.45) is 0.580. The Bertz CT molecular complexity index is 472. The molecule has 19 heavy (non-hydrogen) atoms. The van der Waals surface area contributed by atoms with E-state index < -0.39 is 10.9 Å². The van der Waals surface area contributed by atoms with Gasteiger partial charge in [0.05, 0.1) is 23.2 Å². The Kier molecular flexibility index (Phi) is 5.44. The van der Waals surface area contributed by atoms with E-state index in [0.717, 1.165) is 0 Å². The molecular formula is C13H17NO5. The highest BCUT2D eigenvalue weighted by Crippen LogP contribution is 2.19. The predicted molar refractivity (Wildman–Crippen MR) is 69.2 cm³/mol. The number of nitro groups is 1. The third-order valence-electron chi connectivity index (χ3n) is 2.80. The Hall–Kier alpha value is -1.95. The fourth-order valence-electron chi connectivity index (χ4n) is 1.45. The van der Waals surface area contributed by atoms with E-state index in [0.29, 0.717) is 12.0 Å². The van der Waals surface area contributed by atoms with Crippen LogP contribution in [-0.2, 0) is 9.47 Å². The number of aryl methyl sites for hydroxylation is 1. The normalized spacial score (nSPS) is 11.9. The van der Waals surface area contributed by atoms with Gasteiger partial charge in [-0.15, -0.1) is 0 Å². The fraction of sp³-hybridized carbons (Fsp3) is 0.462. The molecule has 0 amide bonds. The van der Waals surface area contributed by atoms with E-state index in [-0.39, 0.29) is 24.0 Å². The molecule has 0 spiro atoms. The van der Waals surface area contributed by atoms with Crippen LogP contribution < -0.4 is 0 Å². The summed E-state index contributed by atoms with van der Waals surface area (Å²) in [4.78, 5) is 22.0. The molecule has 0 aliphatic carbocycles. The molecule has 6 nitrogen and oxygen atoms in total. The molecule has 0 N–H and O–H groups in total. The van der Waals surface area contributed by atoms with E-state index in [1.165, 1.54) is 18.2 Å². The van der Waals surface area contributed by atoms with E-state index in [9.17, 15) is 14.9 Å². The Morgan fingerprint density at radius 2 is 2.16 bits per heavy atom. The minimum Gasteiger partial charge on any atom is -0.462 e. The van der Waals surface area contributed by atoms with Gasteiger partial charge in [-0.1, -0.05) is 6.07 Å². The molecule has 0 saturated heterocycles. The maximum Gasteiger partial charge on any atom is 0.338 e. The molecule has 0 aromatic heterocycles. The van der Waals surface area contributed by atoms with Gasteiger partial charge >= 0.3 is 5.97 Å². The monoisotopic (exact) mass is 267 g/mol. The molecule has 0 bridgehead atoms. The fourth-order valence-corrected chi connectivity index (χ4v) is 1.45. The summed E-state index contributed by atoms with van der Waals surface area (Å²) in [5.41, 5.74) is 0.608. The van der Waals surface area contributed by atoms with Gasteiger partial charge in [-0.2, -0.15) is 0 Å². The second-order valence-electron chi connectivity index (χ2n) is 4.23. The summed E-state index contributed by atoms with van der Waals surface area (Å²) in [7, 11) is 1.58. The second-order valence-corrected chi connectivity index (χ2v) is 4.23. The van der Waals surface area contributed by atoms with Crippen molar-refractivity contribution in [1.82, 2.24) is 0 Å². The highest BCUT2D eigenvalue weighted by Gasteiger charge is 2.16. The van der Waals surface area contributed by atoms with Crippen molar-refractivity contribution in [3.8, 4) is 0 Å². The molecular weight excluding hydrogens is 250 g/mol. The SMILES string of the molecule is CO[C@H](C)CCOC(=O)c1ccc(C)c([N+](=O)[O-])c1. The number of nitro benzene ring substituents is 1. The van der Waals surface area contributed by atoms with Crippen LogP contribution in [0.15, 0.2) is 18.2 Å². The molecule has 0 unspecified atom stereocenters. The molecule has 1 aromatic carbocycles. The number of nitrogens with zero attached hydrogens (tertiary/aromatic N) is 1. The Morgan fingerprint density at radius 1 is 1.47 bits per heavy atom. The number of hydrogen-bond acceptors (Lipinski definition) is 5. The summed E-state index contributed by atoms with van der Waals surface area (Å²) in [6, 6.07) is 4.29. The molecule has 1 aromatic rings. The smallest absolute Gasteiger partial charge is 0.338 e. The molecule has 6 heteroatoms. The number of esters is 1. The van der Waals surface area contributed by atoms with Gasteiger partial charge in [0.2, 0.25) is 0 Å². The van der Waals surface area contributed by atoms with Gasteiger partial charge in [-0.25, -0.2) is 4.79 Å². The van der Waals surface area contributed by atoms with Gasteiger partial charge in [-0.05, 0) is 19.9 Å². The molecule has 104 valence electrons. The lowest BCUT2D eigenvalue weighted by atomic mass is 10.1. The van der Waals surface area contributed by atoms with Crippen LogP contribution in [-0.4, -0.2) is 30.7 Å². The lowest BCUT2D eigenvalue weighted by Gasteiger charge is -2.09. The zero-order valence-electron chi connectivity index (χ0n) is 11.2. The molecule has 1 atom stereocenters. The maximum atomic E-state index is 11.7. The minimum atomic E-state index is -0.564. The van der Waals surface area contributed by atoms with Gasteiger partial charge in [-0.3, -0.25) is 10.1 Å². The lowest BCUT2D eigenvalue weighted by molar-refractivity contribution is -0.385. The second kappa shape index (κ2) is 6.84. The standard InChI is InChI=1S/C13H17NO5/c1-9-4-5-11(8-12(9)14(16)17)13(15)19-7-6-10(2)18-3/h4-5,8,10H,6-7H2,1-3H3/t10-/m1/s1. The summed E-state index contributed by atoms with van der Waals surface area (Å²) in [5.74, 6) is -0.564. The number of rotatable bonds is 6. The number of carbonyl (C=O) groups is 1. The highest BCUT2D eigenvalue weighted by molar-refractivity contribution is 5.90. The number of hydrogen-bond donors (Lipinski definition) is 0. The third kappa shape index (κ3) is 4.33. The lowest BCUT2D eigenvalue weighted by Crippen LogP contribution is -2.13. The van der Waals surface area contributed by atoms with E-state index in [1.807, 2.05) is 6.92 Å². The van der Waals surface area contributed by atoms with Gasteiger partial charge in [0.1, 0.15) is 0 Å². The molecule has 1 rings (SSSR count). The summed E-state index contributed by atoms with van der Waals surface area (Å²) in [5, 5.41) is 10.8. The van der Waals surface area contributed by atoms with E-state index in [1.54, 1.807) is 14.0 Å². The van der Waals surface area contributed by atoms with Crippen molar-refractivity contribution in [2.24, 2.45) is 0 Å². The Labute approximate surface area is 111 Å². The van der Waals surface area contributed by atoms with Crippen LogP contribution in [0, 0.1) is 17.0 Å². The van der Waals surface area contributed by atoms with Crippen molar-refractivity contribution >= 4 is 11.7 Å². The number of methoxy groups -OCH3 is 1. The number of carbonyl (C=O) groups excluding carboxylic acids is 1. The quantitative estimate of drug-likeness (QED) is 0.449. The summed E-state index contributed by atoms with van der Waals surface area (Å²) >= 11 is 0. The van der Waals surface area contributed by atoms with E-state index >= 15 is 0 Å². The molecule has 0 heterocycles. The Morgan fingerprint density at radius 3 is 2.74 bits per heavy atom. The third-order valence-corrected chi connectivity index (χ3v) is 2.80. The summed E-state index contributed by atoms with van der Waals surface area (Å²) in [6.45, 7) is 3.70. The van der Waals surface area contributed by atoms with Crippen molar-refractivity contribution < 1.29 is 19.2 Å². The highest BCUT2D eigenvalue weighted by atomic mass is 16.6. The van der Waals surface area contributed by atoms with Crippen molar-refractivity contribution in [2.45, 2.75) is 26.4 Å². The first-order chi connectivity index (χ1) is 8.95. The molecule has 0 aliphatic rings. The molecule has 0 saturated carbocycles. The molecule has 0 aliphatic heterocycles. The van der Waals surface area contributed by atoms with Crippen molar-refractivity contribution in [3.05, 3.63) is 39.4 Å². The first kappa shape index (κ1) is 15.1.